The van der Waals surface area contributed by atoms with E-state index >= 15 is 0 Å². The lowest BCUT2D eigenvalue weighted by molar-refractivity contribution is -0.107. The maximum absolute atomic E-state index is 14.4. The first-order valence-corrected chi connectivity index (χ1v) is 10.7. The number of carbonyl (C=O) groups excluding carboxylic acids is 1. The van der Waals surface area contributed by atoms with E-state index in [0.717, 1.165) is 13.1 Å². The Bertz CT molecular complexity index is 1140. The van der Waals surface area contributed by atoms with Gasteiger partial charge in [-0.25, -0.2) is 4.39 Å². The van der Waals surface area contributed by atoms with Crippen LogP contribution in [0.3, 0.4) is 0 Å². The van der Waals surface area contributed by atoms with Gasteiger partial charge in [0.05, 0.1) is 39.7 Å². The van der Waals surface area contributed by atoms with Crippen LogP contribution in [0.15, 0.2) is 39.4 Å². The summed E-state index contributed by atoms with van der Waals surface area (Å²) >= 11 is 3.23. The number of amides is 1. The Morgan fingerprint density at radius 3 is 2.61 bits per heavy atom. The number of anilines is 2. The van der Waals surface area contributed by atoms with Crippen LogP contribution in [-0.2, 0) is 11.3 Å². The van der Waals surface area contributed by atoms with Gasteiger partial charge in [0, 0.05) is 32.4 Å². The standard InChI is InChI=1S/C21H20BrF3N6O2/c1-29-9-14(10-29)30(2)17-5-15(22)16(23)6-18(17)31(11-32)8-13-4-3-12(7-26-13)20-27-28-21(33-20)19(24)25/h3-7,11,14,19H,8-10H2,1-2H3. The molecule has 4 rings (SSSR count). The number of benzene rings is 1. The van der Waals surface area contributed by atoms with Gasteiger partial charge in [0.25, 0.3) is 5.89 Å². The van der Waals surface area contributed by atoms with E-state index in [4.69, 9.17) is 4.42 Å². The molecule has 3 aromatic rings. The fourth-order valence-electron chi connectivity index (χ4n) is 3.58. The van der Waals surface area contributed by atoms with E-state index in [9.17, 15) is 18.0 Å². The molecule has 1 aromatic carbocycles. The molecule has 1 aliphatic heterocycles. The van der Waals surface area contributed by atoms with Crippen molar-refractivity contribution in [2.45, 2.75) is 19.0 Å². The van der Waals surface area contributed by atoms with Gasteiger partial charge < -0.3 is 19.1 Å². The Hall–Kier alpha value is -2.99. The molecule has 12 heteroatoms. The van der Waals surface area contributed by atoms with E-state index in [0.29, 0.717) is 33.5 Å². The molecule has 1 saturated heterocycles. The molecule has 3 heterocycles. The molecule has 0 spiro atoms. The summed E-state index contributed by atoms with van der Waals surface area (Å²) in [5.41, 5.74) is 1.97. The first-order chi connectivity index (χ1) is 15.8. The number of likely N-dealkylation sites (N-methyl/N-ethyl adjacent to an activating group) is 2. The summed E-state index contributed by atoms with van der Waals surface area (Å²) in [5, 5.41) is 6.88. The van der Waals surface area contributed by atoms with E-state index in [1.165, 1.54) is 17.2 Å². The Balaban J connectivity index is 1.57. The molecule has 1 aliphatic rings. The van der Waals surface area contributed by atoms with Crippen LogP contribution in [0.4, 0.5) is 24.5 Å². The van der Waals surface area contributed by atoms with Crippen LogP contribution in [0, 0.1) is 5.82 Å². The predicted molar refractivity (Wildman–Crippen MR) is 119 cm³/mol. The van der Waals surface area contributed by atoms with Crippen LogP contribution in [0.5, 0.6) is 0 Å². The van der Waals surface area contributed by atoms with Crippen molar-refractivity contribution in [1.29, 1.82) is 0 Å². The summed E-state index contributed by atoms with van der Waals surface area (Å²) in [7, 11) is 3.93. The van der Waals surface area contributed by atoms with Crippen molar-refractivity contribution < 1.29 is 22.4 Å². The third kappa shape index (κ3) is 4.86. The van der Waals surface area contributed by atoms with E-state index in [1.54, 1.807) is 18.2 Å². The Kier molecular flexibility index (Phi) is 6.66. The third-order valence-electron chi connectivity index (χ3n) is 5.46. The van der Waals surface area contributed by atoms with E-state index in [-0.39, 0.29) is 18.5 Å². The largest absolute Gasteiger partial charge is 0.415 e. The minimum atomic E-state index is -2.86. The quantitative estimate of drug-likeness (QED) is 0.413. The molecule has 33 heavy (non-hydrogen) atoms. The first kappa shape index (κ1) is 23.2. The van der Waals surface area contributed by atoms with Crippen LogP contribution in [0.1, 0.15) is 18.0 Å². The van der Waals surface area contributed by atoms with Gasteiger partial charge in [-0.05, 0) is 41.2 Å². The molecule has 8 nitrogen and oxygen atoms in total. The zero-order valence-electron chi connectivity index (χ0n) is 17.8. The van der Waals surface area contributed by atoms with Crippen LogP contribution in [0.25, 0.3) is 11.5 Å². The lowest BCUT2D eigenvalue weighted by Gasteiger charge is -2.44. The number of rotatable bonds is 8. The molecule has 0 radical (unpaired) electrons. The number of aromatic nitrogens is 3. The lowest BCUT2D eigenvalue weighted by atomic mass is 10.1. The summed E-state index contributed by atoms with van der Waals surface area (Å²) in [4.78, 5) is 21.8. The van der Waals surface area contributed by atoms with E-state index < -0.39 is 18.1 Å². The molecule has 0 atom stereocenters. The van der Waals surface area contributed by atoms with Gasteiger partial charge in [0.2, 0.25) is 12.3 Å². The van der Waals surface area contributed by atoms with Gasteiger partial charge in [-0.3, -0.25) is 9.78 Å². The van der Waals surface area contributed by atoms with Gasteiger partial charge in [-0.1, -0.05) is 0 Å². The molecular weight excluding hydrogens is 505 g/mol. The maximum atomic E-state index is 14.4. The first-order valence-electron chi connectivity index (χ1n) is 9.96. The van der Waals surface area contributed by atoms with Crippen molar-refractivity contribution in [1.82, 2.24) is 20.1 Å². The molecule has 0 saturated carbocycles. The Morgan fingerprint density at radius 2 is 2.03 bits per heavy atom. The van der Waals surface area contributed by atoms with Crippen molar-refractivity contribution in [2.75, 3.05) is 37.0 Å². The summed E-state index contributed by atoms with van der Waals surface area (Å²) < 4.78 is 44.9. The van der Waals surface area contributed by atoms with Crippen LogP contribution in [-0.4, -0.2) is 59.7 Å². The summed E-state index contributed by atoms with van der Waals surface area (Å²) in [6.07, 6.45) is -0.853. The van der Waals surface area contributed by atoms with Crippen molar-refractivity contribution in [3.63, 3.8) is 0 Å². The SMILES string of the molecule is CN1CC(N(C)c2cc(Br)c(F)cc2N(C=O)Cc2ccc(-c3nnc(C(F)F)o3)cn2)C1. The highest BCUT2D eigenvalue weighted by Crippen LogP contribution is 2.36. The van der Waals surface area contributed by atoms with Crippen molar-refractivity contribution >= 4 is 33.7 Å². The normalized spacial score (nSPS) is 14.4. The van der Waals surface area contributed by atoms with Crippen LogP contribution >= 0.6 is 15.9 Å². The van der Waals surface area contributed by atoms with Gasteiger partial charge in [0.15, 0.2) is 0 Å². The Labute approximate surface area is 196 Å². The van der Waals surface area contributed by atoms with Crippen LogP contribution in [0.2, 0.25) is 0 Å². The smallest absolute Gasteiger partial charge is 0.314 e. The molecule has 0 bridgehead atoms. The van der Waals surface area contributed by atoms with Gasteiger partial charge in [0.1, 0.15) is 5.82 Å². The zero-order valence-corrected chi connectivity index (χ0v) is 19.3. The van der Waals surface area contributed by atoms with E-state index in [1.807, 2.05) is 19.0 Å². The summed E-state index contributed by atoms with van der Waals surface area (Å²) in [6.45, 7) is 1.79. The number of likely N-dealkylation sites (tertiary alicyclic amines) is 1. The molecule has 0 N–H and O–H groups in total. The minimum Gasteiger partial charge on any atom is -0.415 e. The number of hydrogen-bond donors (Lipinski definition) is 0. The average molecular weight is 525 g/mol. The fourth-order valence-corrected chi connectivity index (χ4v) is 3.92. The molecular formula is C21H20BrF3N6O2. The average Bonchev–Trinajstić information content (AvgIpc) is 3.28. The van der Waals surface area contributed by atoms with Crippen LogP contribution < -0.4 is 9.80 Å². The third-order valence-corrected chi connectivity index (χ3v) is 6.07. The van der Waals surface area contributed by atoms with Gasteiger partial charge in [-0.2, -0.15) is 8.78 Å². The molecule has 0 aliphatic carbocycles. The molecule has 1 amide bonds. The van der Waals surface area contributed by atoms with Crippen molar-refractivity contribution in [2.24, 2.45) is 0 Å². The highest BCUT2D eigenvalue weighted by molar-refractivity contribution is 9.10. The number of carbonyl (C=O) groups is 1. The lowest BCUT2D eigenvalue weighted by Crippen LogP contribution is -2.57. The molecule has 174 valence electrons. The van der Waals surface area contributed by atoms with E-state index in [2.05, 4.69) is 36.0 Å². The second-order valence-corrected chi connectivity index (χ2v) is 8.61. The van der Waals surface area contributed by atoms with Gasteiger partial charge >= 0.3 is 6.43 Å². The van der Waals surface area contributed by atoms with Crippen molar-refractivity contribution in [3.05, 3.63) is 52.3 Å². The minimum absolute atomic E-state index is 0.0718. The summed E-state index contributed by atoms with van der Waals surface area (Å²) in [6, 6.07) is 6.40. The monoisotopic (exact) mass is 524 g/mol. The maximum Gasteiger partial charge on any atom is 0.314 e. The highest BCUT2D eigenvalue weighted by atomic mass is 79.9. The molecule has 1 fully saturated rings. The second-order valence-electron chi connectivity index (χ2n) is 7.76. The Morgan fingerprint density at radius 1 is 1.27 bits per heavy atom. The van der Waals surface area contributed by atoms with Gasteiger partial charge in [-0.15, -0.1) is 10.2 Å². The number of nitrogens with zero attached hydrogens (tertiary/aromatic N) is 6. The van der Waals surface area contributed by atoms with Crippen molar-refractivity contribution in [3.8, 4) is 11.5 Å². The highest BCUT2D eigenvalue weighted by Gasteiger charge is 2.30. The molecule has 0 unspecified atom stereocenters. The second kappa shape index (κ2) is 9.48. The number of pyridine rings is 1. The predicted octanol–water partition coefficient (Wildman–Crippen LogP) is 3.88. The number of halogens is 4. The summed E-state index contributed by atoms with van der Waals surface area (Å²) in [5.74, 6) is -1.34. The number of alkyl halides is 2. The molecule has 2 aromatic heterocycles. The number of hydrogen-bond acceptors (Lipinski definition) is 7. The fraction of sp³-hybridized carbons (Fsp3) is 0.333. The topological polar surface area (TPSA) is 78.6 Å². The zero-order chi connectivity index (χ0) is 23.7.